The van der Waals surface area contributed by atoms with Crippen molar-refractivity contribution in [3.63, 3.8) is 0 Å². The number of rotatable bonds is 8. The van der Waals surface area contributed by atoms with Crippen molar-refractivity contribution in [1.29, 1.82) is 0 Å². The van der Waals surface area contributed by atoms with Crippen molar-refractivity contribution in [2.24, 2.45) is 45.8 Å². The lowest BCUT2D eigenvalue weighted by Crippen LogP contribution is -2.50. The molecule has 224 valence electrons. The molecule has 1 saturated heterocycles. The summed E-state index contributed by atoms with van der Waals surface area (Å²) >= 11 is 0. The van der Waals surface area contributed by atoms with Gasteiger partial charge in [0, 0.05) is 13.1 Å². The molecule has 0 amide bonds. The number of nitrogens with zero attached hydrogens (tertiary/aromatic N) is 1. The zero-order valence-electron chi connectivity index (χ0n) is 28.1. The van der Waals surface area contributed by atoms with E-state index in [1.807, 2.05) is 19.4 Å². The third kappa shape index (κ3) is 6.59. The summed E-state index contributed by atoms with van der Waals surface area (Å²) in [5, 5.41) is 0. The molecule has 0 N–H and O–H groups in total. The molecule has 1 nitrogen and oxygen atoms in total. The van der Waals surface area contributed by atoms with Crippen LogP contribution in [0.15, 0.2) is 35.6 Å². The van der Waals surface area contributed by atoms with E-state index in [1.54, 1.807) is 5.57 Å². The molecule has 3 aliphatic carbocycles. The number of piperidine rings is 1. The number of allylic oxidation sites excluding steroid dienone is 4. The number of likely N-dealkylation sites (tertiary alicyclic amines) is 1. The maximum Gasteiger partial charge on any atom is 0.0172 e. The predicted octanol–water partition coefficient (Wildman–Crippen LogP) is 11.6. The van der Waals surface area contributed by atoms with Crippen molar-refractivity contribution in [2.75, 3.05) is 13.1 Å². The van der Waals surface area contributed by atoms with Gasteiger partial charge in [-0.3, -0.25) is 0 Å². The molecule has 1 heteroatoms. The average Bonchev–Trinajstić information content (AvgIpc) is 2.90. The van der Waals surface area contributed by atoms with Crippen LogP contribution in [0.3, 0.4) is 0 Å². The lowest BCUT2D eigenvalue weighted by atomic mass is 9.44. The lowest BCUT2D eigenvalue weighted by molar-refractivity contribution is -0.0338. The van der Waals surface area contributed by atoms with Gasteiger partial charge in [-0.25, -0.2) is 0 Å². The second-order valence-electron chi connectivity index (χ2n) is 15.4. The molecule has 1 aliphatic heterocycles. The van der Waals surface area contributed by atoms with Crippen LogP contribution in [0.5, 0.6) is 0 Å². The minimum Gasteiger partial charge on any atom is -0.378 e. The first kappa shape index (κ1) is 32.5. The summed E-state index contributed by atoms with van der Waals surface area (Å²) in [4.78, 5) is 2.61. The molecule has 0 spiro atoms. The van der Waals surface area contributed by atoms with Gasteiger partial charge in [0.1, 0.15) is 0 Å². The van der Waals surface area contributed by atoms with Crippen molar-refractivity contribution in [2.45, 2.75) is 146 Å². The molecule has 2 fully saturated rings. The van der Waals surface area contributed by atoms with E-state index in [9.17, 15) is 0 Å². The molecule has 39 heavy (non-hydrogen) atoms. The molecular formula is C38H67N. The third-order valence-corrected chi connectivity index (χ3v) is 12.4. The molecule has 0 bridgehead atoms. The van der Waals surface area contributed by atoms with E-state index in [0.717, 1.165) is 17.8 Å². The van der Waals surface area contributed by atoms with Gasteiger partial charge in [0.2, 0.25) is 0 Å². The fraction of sp³-hybridized carbons (Fsp3) is 0.842. The van der Waals surface area contributed by atoms with Crippen LogP contribution >= 0.6 is 0 Å². The van der Waals surface area contributed by atoms with E-state index in [-0.39, 0.29) is 5.41 Å². The van der Waals surface area contributed by atoms with Gasteiger partial charge in [0.15, 0.2) is 0 Å². The Morgan fingerprint density at radius 3 is 2.23 bits per heavy atom. The smallest absolute Gasteiger partial charge is 0.0172 e. The molecule has 4 rings (SSSR count). The van der Waals surface area contributed by atoms with E-state index >= 15 is 0 Å². The largest absolute Gasteiger partial charge is 0.378 e. The zero-order chi connectivity index (χ0) is 29.0. The molecule has 0 radical (unpaired) electrons. The van der Waals surface area contributed by atoms with Crippen molar-refractivity contribution in [3.05, 3.63) is 35.6 Å². The van der Waals surface area contributed by atoms with Crippen LogP contribution in [-0.4, -0.2) is 18.0 Å². The van der Waals surface area contributed by atoms with E-state index in [1.165, 1.54) is 95.7 Å². The Balaban J connectivity index is 0.00000205. The van der Waals surface area contributed by atoms with Gasteiger partial charge >= 0.3 is 0 Å². The van der Waals surface area contributed by atoms with Crippen LogP contribution in [0.2, 0.25) is 0 Å². The standard InChI is InChI=1S/C36H61N.C2H6/c1-26(2)14-13-15-27(3)31(20-25-37-23-11-10-12-24-37)35(8)22-19-32-30(29(35)5)16-17-33-34(6,7)28(4)18-21-36(32,33)9;1-2/h20,25-28,31,33H,5,10-19,21-24H2,1-4,6-9H3;1-2H3/b25-20+;. The highest BCUT2D eigenvalue weighted by atomic mass is 15.1. The first-order valence-corrected chi connectivity index (χ1v) is 17.3. The molecule has 6 atom stereocenters. The summed E-state index contributed by atoms with van der Waals surface area (Å²) in [6.07, 6.45) is 21.3. The third-order valence-electron chi connectivity index (χ3n) is 12.4. The Morgan fingerprint density at radius 1 is 0.923 bits per heavy atom. The normalized spacial score (nSPS) is 34.3. The summed E-state index contributed by atoms with van der Waals surface area (Å²) in [7, 11) is 0. The highest BCUT2D eigenvalue weighted by molar-refractivity contribution is 5.47. The summed E-state index contributed by atoms with van der Waals surface area (Å²) in [5.41, 5.74) is 6.08. The van der Waals surface area contributed by atoms with Crippen molar-refractivity contribution in [1.82, 2.24) is 4.90 Å². The van der Waals surface area contributed by atoms with Crippen LogP contribution < -0.4 is 0 Å². The Bertz CT molecular complexity index is 867. The molecule has 4 aliphatic rings. The van der Waals surface area contributed by atoms with Gasteiger partial charge in [0.05, 0.1) is 0 Å². The quantitative estimate of drug-likeness (QED) is 0.297. The topological polar surface area (TPSA) is 3.24 Å². The van der Waals surface area contributed by atoms with Gasteiger partial charge in [0.25, 0.3) is 0 Å². The van der Waals surface area contributed by atoms with Crippen LogP contribution in [0.1, 0.15) is 146 Å². The van der Waals surface area contributed by atoms with Crippen LogP contribution in [-0.2, 0) is 0 Å². The Kier molecular flexibility index (Phi) is 11.1. The SMILES string of the molecule is C=C1C2=C(CCC1(C)C(/C=C/N1CCCCC1)C(C)CCCC(C)C)C1(C)CCC(C)C(C)(C)C1CC2.CC. The molecule has 0 aromatic rings. The van der Waals surface area contributed by atoms with Crippen LogP contribution in [0.4, 0.5) is 0 Å². The van der Waals surface area contributed by atoms with Gasteiger partial charge in [-0.2, -0.15) is 0 Å². The molecule has 0 aromatic carbocycles. The van der Waals surface area contributed by atoms with E-state index in [0.29, 0.717) is 22.7 Å². The van der Waals surface area contributed by atoms with Gasteiger partial charge in [-0.15, -0.1) is 0 Å². The Labute approximate surface area is 245 Å². The maximum atomic E-state index is 4.97. The highest BCUT2D eigenvalue weighted by Gasteiger charge is 2.55. The minimum atomic E-state index is 0.184. The van der Waals surface area contributed by atoms with Gasteiger partial charge < -0.3 is 4.90 Å². The fourth-order valence-corrected chi connectivity index (χ4v) is 9.42. The zero-order valence-corrected chi connectivity index (χ0v) is 28.1. The number of hydrogen-bond donors (Lipinski definition) is 0. The maximum absolute atomic E-state index is 4.97. The molecule has 1 saturated carbocycles. The summed E-state index contributed by atoms with van der Waals surface area (Å²) in [6.45, 7) is 31.7. The highest BCUT2D eigenvalue weighted by Crippen LogP contribution is 2.66. The molecule has 0 aromatic heterocycles. The molecular weight excluding hydrogens is 470 g/mol. The number of fused-ring (bicyclic) bond motifs is 2. The summed E-state index contributed by atoms with van der Waals surface area (Å²) < 4.78 is 0. The Hall–Kier alpha value is -0.980. The van der Waals surface area contributed by atoms with Gasteiger partial charge in [-0.05, 0) is 121 Å². The van der Waals surface area contributed by atoms with Crippen molar-refractivity contribution >= 4 is 0 Å². The van der Waals surface area contributed by atoms with E-state index in [4.69, 9.17) is 6.58 Å². The predicted molar refractivity (Wildman–Crippen MR) is 174 cm³/mol. The average molecular weight is 538 g/mol. The summed E-state index contributed by atoms with van der Waals surface area (Å²) in [5.74, 6) is 3.74. The Morgan fingerprint density at radius 2 is 1.59 bits per heavy atom. The van der Waals surface area contributed by atoms with Crippen LogP contribution in [0, 0.1) is 45.8 Å². The molecule has 1 heterocycles. The first-order chi connectivity index (χ1) is 18.4. The first-order valence-electron chi connectivity index (χ1n) is 17.3. The molecule has 6 unspecified atom stereocenters. The second kappa shape index (κ2) is 13.3. The van der Waals surface area contributed by atoms with Crippen molar-refractivity contribution in [3.8, 4) is 0 Å². The van der Waals surface area contributed by atoms with Crippen LogP contribution in [0.25, 0.3) is 0 Å². The van der Waals surface area contributed by atoms with Crippen molar-refractivity contribution < 1.29 is 0 Å². The van der Waals surface area contributed by atoms with E-state index < -0.39 is 0 Å². The lowest BCUT2D eigenvalue weighted by Gasteiger charge is -2.60. The minimum absolute atomic E-state index is 0.184. The summed E-state index contributed by atoms with van der Waals surface area (Å²) in [6, 6.07) is 0. The van der Waals surface area contributed by atoms with E-state index in [2.05, 4.69) is 72.6 Å². The monoisotopic (exact) mass is 538 g/mol. The second-order valence-corrected chi connectivity index (χ2v) is 15.4. The number of hydrogen-bond acceptors (Lipinski definition) is 1. The van der Waals surface area contributed by atoms with Gasteiger partial charge in [-0.1, -0.05) is 107 Å². The fourth-order valence-electron chi connectivity index (χ4n) is 9.42.